The first-order chi connectivity index (χ1) is 6.82. The fraction of sp³-hybridized carbons (Fsp3) is 0.333. The molecular weight excluding hydrogens is 211 g/mol. The largest absolute Gasteiger partial charge is 0.422 e. The number of nitro groups is 1. The van der Waals surface area contributed by atoms with E-state index < -0.39 is 22.4 Å². The van der Waals surface area contributed by atoms with Gasteiger partial charge in [0.15, 0.2) is 0 Å². The van der Waals surface area contributed by atoms with Gasteiger partial charge in [0.1, 0.15) is 5.57 Å². The van der Waals surface area contributed by atoms with Crippen LogP contribution in [0.15, 0.2) is 35.1 Å². The normalized spacial score (nSPS) is 17.5. The lowest BCUT2D eigenvalue weighted by molar-refractivity contribution is -0.429. The minimum Gasteiger partial charge on any atom is -0.259 e. The number of nitrogens with zero attached hydrogens (tertiary/aromatic N) is 1. The van der Waals surface area contributed by atoms with Gasteiger partial charge in [0.05, 0.1) is 11.3 Å². The average molecular weight is 219 g/mol. The quantitative estimate of drug-likeness (QED) is 0.502. The van der Waals surface area contributed by atoms with Crippen LogP contribution in [0, 0.1) is 10.1 Å². The summed E-state index contributed by atoms with van der Waals surface area (Å²) in [6.07, 6.45) is -1.42. The predicted octanol–water partition coefficient (Wildman–Crippen LogP) is 2.99. The molecule has 0 aromatic carbocycles. The summed E-state index contributed by atoms with van der Waals surface area (Å²) in [5.74, 6) is 0. The van der Waals surface area contributed by atoms with Crippen molar-refractivity contribution in [3.05, 3.63) is 45.2 Å². The van der Waals surface area contributed by atoms with Crippen molar-refractivity contribution in [1.82, 2.24) is 0 Å². The molecule has 0 saturated heterocycles. The van der Waals surface area contributed by atoms with E-state index >= 15 is 0 Å². The number of halogens is 3. The fourth-order valence-corrected chi connectivity index (χ4v) is 1.24. The first-order valence-electron chi connectivity index (χ1n) is 4.12. The summed E-state index contributed by atoms with van der Waals surface area (Å²) in [6.45, 7) is 1.46. The van der Waals surface area contributed by atoms with Crippen LogP contribution >= 0.6 is 0 Å². The first-order valence-corrected chi connectivity index (χ1v) is 4.12. The standard InChI is InChI=1S/C9H8F3NO2/c1-6-3-2-4-8(13(14)15)7(5-6)9(10,11)12/h2-3,5H,4H2,1H3. The summed E-state index contributed by atoms with van der Waals surface area (Å²) in [5.41, 5.74) is -1.63. The molecule has 15 heavy (non-hydrogen) atoms. The summed E-state index contributed by atoms with van der Waals surface area (Å²) in [4.78, 5) is 9.47. The van der Waals surface area contributed by atoms with Gasteiger partial charge in [-0.05, 0) is 13.0 Å². The molecule has 0 heterocycles. The van der Waals surface area contributed by atoms with E-state index in [2.05, 4.69) is 0 Å². The van der Waals surface area contributed by atoms with E-state index in [0.717, 1.165) is 6.08 Å². The fourth-order valence-electron chi connectivity index (χ4n) is 1.24. The van der Waals surface area contributed by atoms with Gasteiger partial charge in [0, 0.05) is 0 Å². The van der Waals surface area contributed by atoms with Crippen LogP contribution in [0.3, 0.4) is 0 Å². The highest BCUT2D eigenvalue weighted by molar-refractivity contribution is 5.37. The molecule has 0 saturated carbocycles. The molecule has 0 amide bonds. The van der Waals surface area contributed by atoms with Gasteiger partial charge < -0.3 is 0 Å². The van der Waals surface area contributed by atoms with Crippen LogP contribution in [0.2, 0.25) is 0 Å². The number of hydrogen-bond acceptors (Lipinski definition) is 2. The van der Waals surface area contributed by atoms with Gasteiger partial charge in [-0.2, -0.15) is 13.2 Å². The average Bonchev–Trinajstić information content (AvgIpc) is 2.25. The van der Waals surface area contributed by atoms with Gasteiger partial charge in [-0.3, -0.25) is 10.1 Å². The highest BCUT2D eigenvalue weighted by atomic mass is 19.4. The van der Waals surface area contributed by atoms with Crippen molar-refractivity contribution in [2.24, 2.45) is 0 Å². The highest BCUT2D eigenvalue weighted by Gasteiger charge is 2.39. The van der Waals surface area contributed by atoms with Crippen LogP contribution in [-0.2, 0) is 0 Å². The number of alkyl halides is 3. The van der Waals surface area contributed by atoms with Crippen molar-refractivity contribution in [3.63, 3.8) is 0 Å². The molecule has 1 rings (SSSR count). The van der Waals surface area contributed by atoms with Crippen molar-refractivity contribution in [2.45, 2.75) is 19.5 Å². The summed E-state index contributed by atoms with van der Waals surface area (Å²) in [5, 5.41) is 10.5. The second-order valence-electron chi connectivity index (χ2n) is 3.11. The number of allylic oxidation sites excluding steroid dienone is 5. The summed E-state index contributed by atoms with van der Waals surface area (Å²) in [7, 11) is 0. The third kappa shape index (κ3) is 2.68. The molecule has 1 aliphatic rings. The molecule has 3 nitrogen and oxygen atoms in total. The van der Waals surface area contributed by atoms with Gasteiger partial charge >= 0.3 is 6.18 Å². The second kappa shape index (κ2) is 3.88. The zero-order valence-electron chi connectivity index (χ0n) is 7.84. The molecule has 6 heteroatoms. The molecule has 82 valence electrons. The van der Waals surface area contributed by atoms with Gasteiger partial charge in [-0.25, -0.2) is 0 Å². The van der Waals surface area contributed by atoms with E-state index in [1.54, 1.807) is 0 Å². The molecule has 1 aliphatic carbocycles. The van der Waals surface area contributed by atoms with Gasteiger partial charge in [-0.1, -0.05) is 17.7 Å². The van der Waals surface area contributed by atoms with Crippen molar-refractivity contribution in [2.75, 3.05) is 0 Å². The summed E-state index contributed by atoms with van der Waals surface area (Å²) in [6, 6.07) is 0. The van der Waals surface area contributed by atoms with Crippen LogP contribution in [0.25, 0.3) is 0 Å². The molecule has 0 bridgehead atoms. The zero-order chi connectivity index (χ0) is 11.6. The van der Waals surface area contributed by atoms with Crippen molar-refractivity contribution < 1.29 is 18.1 Å². The third-order valence-corrected chi connectivity index (χ3v) is 1.90. The van der Waals surface area contributed by atoms with Crippen LogP contribution in [0.1, 0.15) is 13.3 Å². The van der Waals surface area contributed by atoms with E-state index in [-0.39, 0.29) is 6.42 Å². The summed E-state index contributed by atoms with van der Waals surface area (Å²) < 4.78 is 37.4. The van der Waals surface area contributed by atoms with Crippen LogP contribution in [-0.4, -0.2) is 11.1 Å². The molecule has 0 unspecified atom stereocenters. The van der Waals surface area contributed by atoms with Crippen molar-refractivity contribution >= 4 is 0 Å². The Labute approximate surface area is 83.7 Å². The Morgan fingerprint density at radius 3 is 2.53 bits per heavy atom. The number of hydrogen-bond donors (Lipinski definition) is 0. The Bertz CT molecular complexity index is 377. The Kier molecular flexibility index (Phi) is 2.97. The van der Waals surface area contributed by atoms with E-state index in [9.17, 15) is 23.3 Å². The maximum absolute atomic E-state index is 12.5. The lowest BCUT2D eigenvalue weighted by atomic mass is 10.1. The zero-order valence-corrected chi connectivity index (χ0v) is 7.84. The molecule has 0 radical (unpaired) electrons. The minimum absolute atomic E-state index is 0.310. The number of rotatable bonds is 1. The van der Waals surface area contributed by atoms with Gasteiger partial charge in [0.25, 0.3) is 5.70 Å². The highest BCUT2D eigenvalue weighted by Crippen LogP contribution is 2.33. The maximum atomic E-state index is 12.5. The molecule has 0 aliphatic heterocycles. The molecule has 0 aromatic rings. The predicted molar refractivity (Wildman–Crippen MR) is 47.6 cm³/mol. The van der Waals surface area contributed by atoms with Crippen molar-refractivity contribution in [1.29, 1.82) is 0 Å². The molecular formula is C9H8F3NO2. The maximum Gasteiger partial charge on any atom is 0.422 e. The van der Waals surface area contributed by atoms with Gasteiger partial charge in [-0.15, -0.1) is 0 Å². The Morgan fingerprint density at radius 2 is 2.07 bits per heavy atom. The van der Waals surface area contributed by atoms with Crippen LogP contribution in [0.5, 0.6) is 0 Å². The third-order valence-electron chi connectivity index (χ3n) is 1.90. The Morgan fingerprint density at radius 1 is 1.47 bits per heavy atom. The van der Waals surface area contributed by atoms with Gasteiger partial charge in [0.2, 0.25) is 0 Å². The topological polar surface area (TPSA) is 43.1 Å². The molecule has 0 spiro atoms. The van der Waals surface area contributed by atoms with Crippen molar-refractivity contribution in [3.8, 4) is 0 Å². The lowest BCUT2D eigenvalue weighted by Gasteiger charge is -2.07. The van der Waals surface area contributed by atoms with Crippen LogP contribution in [0.4, 0.5) is 13.2 Å². The molecule has 0 aromatic heterocycles. The van der Waals surface area contributed by atoms with E-state index in [0.29, 0.717) is 5.57 Å². The molecule has 0 fully saturated rings. The molecule has 0 atom stereocenters. The molecule has 0 N–H and O–H groups in total. The smallest absolute Gasteiger partial charge is 0.259 e. The Hall–Kier alpha value is -1.59. The van der Waals surface area contributed by atoms with E-state index in [4.69, 9.17) is 0 Å². The van der Waals surface area contributed by atoms with E-state index in [1.165, 1.54) is 19.1 Å². The minimum atomic E-state index is -4.68. The SMILES string of the molecule is CC1=CC(C(F)(F)F)=C([N+](=O)[O-])CC=C1. The second-order valence-corrected chi connectivity index (χ2v) is 3.11. The monoisotopic (exact) mass is 219 g/mol. The lowest BCUT2D eigenvalue weighted by Crippen LogP contribution is -2.16. The Balaban J connectivity index is 3.32. The summed E-state index contributed by atoms with van der Waals surface area (Å²) >= 11 is 0. The first kappa shape index (κ1) is 11.5. The van der Waals surface area contributed by atoms with E-state index in [1.807, 2.05) is 0 Å². The van der Waals surface area contributed by atoms with Crippen LogP contribution < -0.4 is 0 Å².